The number of piperidine rings is 1. The standard InChI is InChI=1S/C24H34ClN5O3/c1-16(17(2)28-20-7-5-4-6-19(20)25)23(27-15-26)24(31)30-11-8-18(9-12-30)29-21-10-13-33-14-22(21)32-3/h4-7,15,18,21-22,28-29H,2,8-14H2,1,3H3,(H2,26,27)/b23-16-. The first kappa shape index (κ1) is 25.2. The van der Waals surface area contributed by atoms with E-state index in [1.165, 1.54) is 0 Å². The average molecular weight is 476 g/mol. The summed E-state index contributed by atoms with van der Waals surface area (Å²) in [6, 6.07) is 7.96. The summed E-state index contributed by atoms with van der Waals surface area (Å²) in [7, 11) is 1.72. The fraction of sp³-hybridized carbons (Fsp3) is 0.500. The minimum atomic E-state index is -0.157. The predicted molar refractivity (Wildman–Crippen MR) is 132 cm³/mol. The number of rotatable bonds is 8. The van der Waals surface area contributed by atoms with E-state index in [4.69, 9.17) is 26.8 Å². The maximum absolute atomic E-state index is 13.3. The van der Waals surface area contributed by atoms with Gasteiger partial charge in [0.2, 0.25) is 0 Å². The van der Waals surface area contributed by atoms with Gasteiger partial charge in [0.1, 0.15) is 5.70 Å². The van der Waals surface area contributed by atoms with E-state index in [2.05, 4.69) is 22.2 Å². The third kappa shape index (κ3) is 6.57. The second-order valence-corrected chi connectivity index (χ2v) is 8.72. The lowest BCUT2D eigenvalue weighted by Crippen LogP contribution is -2.54. The molecule has 2 aliphatic rings. The van der Waals surface area contributed by atoms with Gasteiger partial charge in [-0.3, -0.25) is 4.79 Å². The molecule has 2 saturated heterocycles. The number of halogens is 1. The Kier molecular flexibility index (Phi) is 9.31. The fourth-order valence-corrected chi connectivity index (χ4v) is 4.37. The Bertz CT molecular complexity index is 896. The van der Waals surface area contributed by atoms with Gasteiger partial charge in [-0.2, -0.15) is 0 Å². The van der Waals surface area contributed by atoms with Crippen LogP contribution in [-0.2, 0) is 14.3 Å². The van der Waals surface area contributed by atoms with Crippen LogP contribution >= 0.6 is 11.6 Å². The third-order valence-corrected chi connectivity index (χ3v) is 6.54. The Morgan fingerprint density at radius 2 is 2.06 bits per heavy atom. The molecule has 4 N–H and O–H groups in total. The van der Waals surface area contributed by atoms with Crippen LogP contribution in [0.5, 0.6) is 0 Å². The number of aliphatic imine (C=N–C) groups is 1. The smallest absolute Gasteiger partial charge is 0.272 e. The van der Waals surface area contributed by atoms with Crippen molar-refractivity contribution in [3.05, 3.63) is 52.8 Å². The van der Waals surface area contributed by atoms with Crippen molar-refractivity contribution in [1.82, 2.24) is 10.2 Å². The van der Waals surface area contributed by atoms with Gasteiger partial charge in [-0.1, -0.05) is 30.3 Å². The van der Waals surface area contributed by atoms with Gasteiger partial charge in [-0.15, -0.1) is 0 Å². The molecule has 0 aliphatic carbocycles. The van der Waals surface area contributed by atoms with Gasteiger partial charge in [-0.05, 0) is 38.3 Å². The van der Waals surface area contributed by atoms with Crippen molar-refractivity contribution in [3.8, 4) is 0 Å². The van der Waals surface area contributed by atoms with Crippen molar-refractivity contribution in [2.45, 2.75) is 44.4 Å². The minimum absolute atomic E-state index is 0.0612. The molecule has 3 rings (SSSR count). The van der Waals surface area contributed by atoms with Gasteiger partial charge in [0.25, 0.3) is 5.91 Å². The van der Waals surface area contributed by atoms with E-state index in [0.29, 0.717) is 47.7 Å². The summed E-state index contributed by atoms with van der Waals surface area (Å²) >= 11 is 6.23. The lowest BCUT2D eigenvalue weighted by atomic mass is 9.99. The number of amides is 1. The Balaban J connectivity index is 1.62. The van der Waals surface area contributed by atoms with E-state index in [-0.39, 0.29) is 23.8 Å². The van der Waals surface area contributed by atoms with Gasteiger partial charge in [0.05, 0.1) is 29.8 Å². The lowest BCUT2D eigenvalue weighted by Gasteiger charge is -2.38. The maximum Gasteiger partial charge on any atom is 0.272 e. The highest BCUT2D eigenvalue weighted by molar-refractivity contribution is 6.33. The molecule has 2 atom stereocenters. The number of allylic oxidation sites excluding steroid dienone is 1. The van der Waals surface area contributed by atoms with Gasteiger partial charge >= 0.3 is 0 Å². The Hall–Kier alpha value is -2.39. The number of para-hydroxylation sites is 1. The second kappa shape index (κ2) is 12.2. The van der Waals surface area contributed by atoms with Crippen LogP contribution in [0.2, 0.25) is 5.02 Å². The summed E-state index contributed by atoms with van der Waals surface area (Å²) in [6.07, 6.45) is 3.85. The predicted octanol–water partition coefficient (Wildman–Crippen LogP) is 2.91. The van der Waals surface area contributed by atoms with Crippen molar-refractivity contribution in [2.24, 2.45) is 10.7 Å². The quantitative estimate of drug-likeness (QED) is 0.231. The van der Waals surface area contributed by atoms with Crippen LogP contribution < -0.4 is 16.4 Å². The molecule has 33 heavy (non-hydrogen) atoms. The third-order valence-electron chi connectivity index (χ3n) is 6.21. The number of nitrogens with zero attached hydrogens (tertiary/aromatic N) is 2. The molecule has 9 heteroatoms. The van der Waals surface area contributed by atoms with E-state index in [1.54, 1.807) is 20.1 Å². The molecule has 1 aromatic rings. The fourth-order valence-electron chi connectivity index (χ4n) is 4.19. The number of nitrogens with one attached hydrogen (secondary N) is 2. The molecule has 0 radical (unpaired) electrons. The monoisotopic (exact) mass is 475 g/mol. The van der Waals surface area contributed by atoms with Crippen LogP contribution in [0.1, 0.15) is 26.2 Å². The Labute approximate surface area is 200 Å². The highest BCUT2D eigenvalue weighted by atomic mass is 35.5. The average Bonchev–Trinajstić information content (AvgIpc) is 2.84. The SMILES string of the molecule is C=C(Nc1ccccc1Cl)/C(C)=C(\N=C/N)C(=O)N1CCC(NC2CCOCC2OC)CC1. The molecule has 8 nitrogen and oxygen atoms in total. The van der Waals surface area contributed by atoms with Crippen LogP contribution in [-0.4, -0.2) is 68.7 Å². The topological polar surface area (TPSA) is 101 Å². The molecule has 0 aromatic heterocycles. The number of anilines is 1. The van der Waals surface area contributed by atoms with E-state index in [9.17, 15) is 4.79 Å². The van der Waals surface area contributed by atoms with Gasteiger partial charge in [0.15, 0.2) is 0 Å². The highest BCUT2D eigenvalue weighted by Gasteiger charge is 2.31. The van der Waals surface area contributed by atoms with Gasteiger partial charge < -0.3 is 30.7 Å². The zero-order valence-corrected chi connectivity index (χ0v) is 20.1. The normalized spacial score (nSPS) is 22.8. The lowest BCUT2D eigenvalue weighted by molar-refractivity contribution is -0.128. The number of ether oxygens (including phenoxy) is 2. The summed E-state index contributed by atoms with van der Waals surface area (Å²) in [5, 5.41) is 7.44. The van der Waals surface area contributed by atoms with E-state index < -0.39 is 0 Å². The van der Waals surface area contributed by atoms with E-state index in [0.717, 1.165) is 32.2 Å². The molecule has 1 amide bonds. The van der Waals surface area contributed by atoms with E-state index in [1.807, 2.05) is 23.1 Å². The molecular weight excluding hydrogens is 442 g/mol. The highest BCUT2D eigenvalue weighted by Crippen LogP contribution is 2.26. The number of carbonyl (C=O) groups is 1. The number of nitrogens with two attached hydrogens (primary N) is 1. The number of benzene rings is 1. The first-order valence-corrected chi connectivity index (χ1v) is 11.6. The largest absolute Gasteiger partial charge is 0.390 e. The molecule has 180 valence electrons. The molecule has 1 aromatic carbocycles. The summed E-state index contributed by atoms with van der Waals surface area (Å²) in [4.78, 5) is 19.3. The van der Waals surface area contributed by atoms with Gasteiger partial charge in [0, 0.05) is 50.2 Å². The van der Waals surface area contributed by atoms with Gasteiger partial charge in [-0.25, -0.2) is 4.99 Å². The Morgan fingerprint density at radius 1 is 1.33 bits per heavy atom. The molecule has 2 heterocycles. The molecule has 0 spiro atoms. The van der Waals surface area contributed by atoms with Crippen molar-refractivity contribution in [3.63, 3.8) is 0 Å². The van der Waals surface area contributed by atoms with Crippen molar-refractivity contribution in [2.75, 3.05) is 38.7 Å². The first-order chi connectivity index (χ1) is 15.9. The summed E-state index contributed by atoms with van der Waals surface area (Å²) in [5.74, 6) is -0.157. The summed E-state index contributed by atoms with van der Waals surface area (Å²) in [6.45, 7) is 8.50. The Morgan fingerprint density at radius 3 is 2.73 bits per heavy atom. The van der Waals surface area contributed by atoms with Crippen molar-refractivity contribution in [1.29, 1.82) is 0 Å². The van der Waals surface area contributed by atoms with Crippen LogP contribution in [0.3, 0.4) is 0 Å². The first-order valence-electron chi connectivity index (χ1n) is 11.3. The summed E-state index contributed by atoms with van der Waals surface area (Å²) in [5.41, 5.74) is 7.71. The molecule has 2 aliphatic heterocycles. The zero-order chi connectivity index (χ0) is 23.8. The van der Waals surface area contributed by atoms with Crippen LogP contribution in [0, 0.1) is 0 Å². The number of hydrogen-bond acceptors (Lipinski definition) is 6. The van der Waals surface area contributed by atoms with Crippen LogP contribution in [0.4, 0.5) is 5.69 Å². The second-order valence-electron chi connectivity index (χ2n) is 8.31. The zero-order valence-electron chi connectivity index (χ0n) is 19.4. The van der Waals surface area contributed by atoms with Crippen molar-refractivity contribution >= 4 is 29.5 Å². The molecule has 2 unspecified atom stereocenters. The van der Waals surface area contributed by atoms with E-state index >= 15 is 0 Å². The molecule has 0 bridgehead atoms. The number of hydrogen-bond donors (Lipinski definition) is 3. The molecular formula is C24H34ClN5O3. The maximum atomic E-state index is 13.3. The van der Waals surface area contributed by atoms with Crippen LogP contribution in [0.15, 0.2) is 52.8 Å². The van der Waals surface area contributed by atoms with Crippen LogP contribution in [0.25, 0.3) is 0 Å². The molecule has 2 fully saturated rings. The number of carbonyl (C=O) groups excluding carboxylic acids is 1. The number of likely N-dealkylation sites (tertiary alicyclic amines) is 1. The molecule has 0 saturated carbocycles. The minimum Gasteiger partial charge on any atom is -0.390 e. The number of methoxy groups -OCH3 is 1. The summed E-state index contributed by atoms with van der Waals surface area (Å²) < 4.78 is 11.1. The van der Waals surface area contributed by atoms with Crippen molar-refractivity contribution < 1.29 is 14.3 Å².